The third-order valence-electron chi connectivity index (χ3n) is 6.31. The molecule has 168 valence electrons. The van der Waals surface area contributed by atoms with E-state index in [0.29, 0.717) is 6.54 Å². The van der Waals surface area contributed by atoms with Crippen molar-refractivity contribution in [3.8, 4) is 11.5 Å². The molecular formula is C25H37N3O3+2. The molecule has 0 aromatic heterocycles. The summed E-state index contributed by atoms with van der Waals surface area (Å²) in [6.45, 7) is 10.2. The predicted molar refractivity (Wildman–Crippen MR) is 122 cm³/mol. The lowest BCUT2D eigenvalue weighted by atomic mass is 10.1. The van der Waals surface area contributed by atoms with Gasteiger partial charge in [-0.1, -0.05) is 24.3 Å². The summed E-state index contributed by atoms with van der Waals surface area (Å²) in [4.78, 5) is 17.6. The third kappa shape index (κ3) is 5.99. The van der Waals surface area contributed by atoms with Gasteiger partial charge in [0.2, 0.25) is 0 Å². The van der Waals surface area contributed by atoms with E-state index in [0.717, 1.165) is 56.3 Å². The molecule has 1 amide bonds. The van der Waals surface area contributed by atoms with Crippen LogP contribution in [-0.4, -0.2) is 64.8 Å². The van der Waals surface area contributed by atoms with Gasteiger partial charge in [-0.2, -0.15) is 0 Å². The molecular weight excluding hydrogens is 390 g/mol. The first kappa shape index (κ1) is 23.1. The Morgan fingerprint density at radius 3 is 2.29 bits per heavy atom. The van der Waals surface area contributed by atoms with E-state index in [9.17, 15) is 4.79 Å². The van der Waals surface area contributed by atoms with Gasteiger partial charge in [-0.05, 0) is 37.1 Å². The Hall–Kier alpha value is -2.57. The number of hydrogen-bond acceptors (Lipinski definition) is 3. The Balaban J connectivity index is 1.50. The first-order valence-electron chi connectivity index (χ1n) is 11.1. The summed E-state index contributed by atoms with van der Waals surface area (Å²) in [6, 6.07) is 12.6. The minimum Gasteiger partial charge on any atom is -0.493 e. The third-order valence-corrected chi connectivity index (χ3v) is 6.31. The van der Waals surface area contributed by atoms with Crippen LogP contribution in [-0.2, 0) is 17.9 Å². The van der Waals surface area contributed by atoms with Gasteiger partial charge < -0.3 is 24.2 Å². The van der Waals surface area contributed by atoms with Crippen molar-refractivity contribution in [1.82, 2.24) is 4.90 Å². The van der Waals surface area contributed by atoms with Crippen molar-refractivity contribution in [3.05, 3.63) is 58.7 Å². The van der Waals surface area contributed by atoms with Crippen LogP contribution in [0, 0.1) is 13.8 Å². The Morgan fingerprint density at radius 1 is 1.00 bits per heavy atom. The molecule has 1 aliphatic rings. The van der Waals surface area contributed by atoms with Crippen LogP contribution >= 0.6 is 0 Å². The van der Waals surface area contributed by atoms with E-state index < -0.39 is 0 Å². The number of benzene rings is 2. The number of carbonyl (C=O) groups is 1. The fraction of sp³-hybridized carbons (Fsp3) is 0.480. The molecule has 1 aliphatic heterocycles. The highest BCUT2D eigenvalue weighted by Crippen LogP contribution is 2.29. The number of nitrogens with one attached hydrogen (secondary N) is 2. The molecule has 1 atom stereocenters. The van der Waals surface area contributed by atoms with E-state index in [1.807, 2.05) is 17.0 Å². The lowest BCUT2D eigenvalue weighted by Crippen LogP contribution is -3.14. The summed E-state index contributed by atoms with van der Waals surface area (Å²) >= 11 is 0. The van der Waals surface area contributed by atoms with Gasteiger partial charge in [-0.15, -0.1) is 0 Å². The van der Waals surface area contributed by atoms with Crippen LogP contribution in [0.5, 0.6) is 11.5 Å². The second-order valence-corrected chi connectivity index (χ2v) is 8.68. The molecule has 1 heterocycles. The van der Waals surface area contributed by atoms with Gasteiger partial charge in [0.1, 0.15) is 13.1 Å². The number of rotatable bonds is 8. The summed E-state index contributed by atoms with van der Waals surface area (Å²) in [5, 5.41) is 0. The van der Waals surface area contributed by atoms with Crippen LogP contribution in [0.15, 0.2) is 36.4 Å². The van der Waals surface area contributed by atoms with Gasteiger partial charge in [-0.3, -0.25) is 4.79 Å². The molecule has 6 heteroatoms. The summed E-state index contributed by atoms with van der Waals surface area (Å²) in [6.07, 6.45) is 0. The molecule has 0 spiro atoms. The maximum Gasteiger partial charge on any atom is 0.278 e. The second kappa shape index (κ2) is 10.6. The number of quaternary nitrogens is 2. The van der Waals surface area contributed by atoms with Crippen molar-refractivity contribution in [2.45, 2.75) is 26.9 Å². The second-order valence-electron chi connectivity index (χ2n) is 8.68. The molecule has 0 aliphatic carbocycles. The van der Waals surface area contributed by atoms with Gasteiger partial charge in [-0.25, -0.2) is 0 Å². The van der Waals surface area contributed by atoms with Gasteiger partial charge in [0.15, 0.2) is 18.0 Å². The highest BCUT2D eigenvalue weighted by atomic mass is 16.5. The topological polar surface area (TPSA) is 47.7 Å². The Bertz CT molecular complexity index is 892. The predicted octanol–water partition coefficient (Wildman–Crippen LogP) is 0.263. The smallest absolute Gasteiger partial charge is 0.278 e. The van der Waals surface area contributed by atoms with Crippen molar-refractivity contribution >= 4 is 5.91 Å². The minimum atomic E-state index is 0.241. The van der Waals surface area contributed by atoms with E-state index in [2.05, 4.69) is 45.2 Å². The summed E-state index contributed by atoms with van der Waals surface area (Å²) in [7, 11) is 5.38. The van der Waals surface area contributed by atoms with E-state index in [-0.39, 0.29) is 5.91 Å². The van der Waals surface area contributed by atoms with E-state index in [1.54, 1.807) is 19.1 Å². The fourth-order valence-corrected chi connectivity index (χ4v) is 4.30. The van der Waals surface area contributed by atoms with Crippen LogP contribution in [0.3, 0.4) is 0 Å². The van der Waals surface area contributed by atoms with Crippen LogP contribution in [0.4, 0.5) is 0 Å². The Morgan fingerprint density at radius 2 is 1.65 bits per heavy atom. The number of methoxy groups -OCH3 is 2. The van der Waals surface area contributed by atoms with Crippen molar-refractivity contribution in [1.29, 1.82) is 0 Å². The maximum atomic E-state index is 12.9. The molecule has 0 radical (unpaired) electrons. The van der Waals surface area contributed by atoms with Gasteiger partial charge in [0, 0.05) is 11.1 Å². The number of nitrogens with zero attached hydrogens (tertiary/aromatic N) is 1. The standard InChI is InChI=1S/C25H35N3O3/c1-19-8-6-7-9-21(19)17-27-10-12-28(13-11-27)25(29)18-26(3)16-22-15-24(31-5)23(30-4)14-20(22)2/h6-9,14-15H,10-13,16-18H2,1-5H3/p+2. The van der Waals surface area contributed by atoms with Crippen LogP contribution in [0.2, 0.25) is 0 Å². The number of carbonyl (C=O) groups excluding carboxylic acids is 1. The molecule has 0 saturated carbocycles. The number of aryl methyl sites for hydroxylation is 2. The summed E-state index contributed by atoms with van der Waals surface area (Å²) in [5.74, 6) is 1.71. The van der Waals surface area contributed by atoms with Gasteiger partial charge in [0.25, 0.3) is 5.91 Å². The number of likely N-dealkylation sites (N-methyl/N-ethyl adjacent to an activating group) is 1. The first-order valence-corrected chi connectivity index (χ1v) is 11.1. The molecule has 1 fully saturated rings. The maximum absolute atomic E-state index is 12.9. The number of piperazine rings is 1. The average molecular weight is 428 g/mol. The number of ether oxygens (including phenoxy) is 2. The minimum absolute atomic E-state index is 0.241. The molecule has 2 aromatic carbocycles. The zero-order valence-electron chi connectivity index (χ0n) is 19.6. The Labute approximate surface area is 186 Å². The summed E-state index contributed by atoms with van der Waals surface area (Å²) < 4.78 is 10.8. The fourth-order valence-electron chi connectivity index (χ4n) is 4.30. The van der Waals surface area contributed by atoms with E-state index in [4.69, 9.17) is 9.47 Å². The molecule has 2 N–H and O–H groups in total. The first-order chi connectivity index (χ1) is 14.9. The zero-order valence-corrected chi connectivity index (χ0v) is 19.6. The van der Waals surface area contributed by atoms with Gasteiger partial charge in [0.05, 0.1) is 47.4 Å². The van der Waals surface area contributed by atoms with E-state index in [1.165, 1.54) is 21.6 Å². The van der Waals surface area contributed by atoms with Crippen molar-refractivity contribution < 1.29 is 24.1 Å². The Kier molecular flexibility index (Phi) is 7.93. The molecule has 6 nitrogen and oxygen atoms in total. The molecule has 2 aromatic rings. The molecule has 3 rings (SSSR count). The molecule has 1 unspecified atom stereocenters. The summed E-state index contributed by atoms with van der Waals surface area (Å²) in [5.41, 5.74) is 5.09. The quantitative estimate of drug-likeness (QED) is 0.636. The van der Waals surface area contributed by atoms with Crippen LogP contribution in [0.25, 0.3) is 0 Å². The van der Waals surface area contributed by atoms with Crippen LogP contribution < -0.4 is 19.3 Å². The van der Waals surface area contributed by atoms with Crippen LogP contribution in [0.1, 0.15) is 22.3 Å². The van der Waals surface area contributed by atoms with Crippen molar-refractivity contribution in [3.63, 3.8) is 0 Å². The SMILES string of the molecule is COc1cc(C)c(C[NH+](C)CC(=O)N2CC[NH+](Cc3ccccc3C)CC2)cc1OC. The lowest BCUT2D eigenvalue weighted by molar-refractivity contribution is -0.918. The molecule has 0 bridgehead atoms. The highest BCUT2D eigenvalue weighted by Gasteiger charge is 2.26. The lowest BCUT2D eigenvalue weighted by Gasteiger charge is -2.32. The molecule has 31 heavy (non-hydrogen) atoms. The number of amides is 1. The highest BCUT2D eigenvalue weighted by molar-refractivity contribution is 5.77. The van der Waals surface area contributed by atoms with Crippen molar-refractivity contribution in [2.24, 2.45) is 0 Å². The van der Waals surface area contributed by atoms with E-state index >= 15 is 0 Å². The average Bonchev–Trinajstić information content (AvgIpc) is 2.76. The zero-order chi connectivity index (χ0) is 22.4. The van der Waals surface area contributed by atoms with Crippen molar-refractivity contribution in [2.75, 3.05) is 54.0 Å². The number of hydrogen-bond donors (Lipinski definition) is 2. The van der Waals surface area contributed by atoms with Gasteiger partial charge >= 0.3 is 0 Å². The monoisotopic (exact) mass is 427 g/mol. The molecule has 1 saturated heterocycles. The largest absolute Gasteiger partial charge is 0.493 e. The normalized spacial score (nSPS) is 15.6.